The predicted molar refractivity (Wildman–Crippen MR) is 69.8 cm³/mol. The van der Waals surface area contributed by atoms with Crippen molar-refractivity contribution < 1.29 is 5.11 Å². The Bertz CT molecular complexity index is 320. The standard InChI is InChI=1S/C14H23NO/c1-5-15(10-11(2)3)14-9-7-6-8-13(14)12(4)16/h6-9,11-12,16H,5,10H2,1-4H3/t12-/m0/s1. The van der Waals surface area contributed by atoms with Crippen molar-refractivity contribution in [3.8, 4) is 0 Å². The van der Waals surface area contributed by atoms with Crippen LogP contribution in [0, 0.1) is 5.92 Å². The molecule has 0 heterocycles. The Hall–Kier alpha value is -1.02. The van der Waals surface area contributed by atoms with Gasteiger partial charge in [-0.3, -0.25) is 0 Å². The van der Waals surface area contributed by atoms with Gasteiger partial charge in [0, 0.05) is 24.3 Å². The van der Waals surface area contributed by atoms with Gasteiger partial charge < -0.3 is 10.0 Å². The number of para-hydroxylation sites is 1. The first-order valence-corrected chi connectivity index (χ1v) is 6.08. The van der Waals surface area contributed by atoms with Gasteiger partial charge in [0.2, 0.25) is 0 Å². The van der Waals surface area contributed by atoms with Crippen molar-refractivity contribution in [2.24, 2.45) is 5.92 Å². The van der Waals surface area contributed by atoms with Crippen LogP contribution in [0.3, 0.4) is 0 Å². The molecular formula is C14H23NO. The molecule has 1 aromatic carbocycles. The molecule has 0 aliphatic carbocycles. The lowest BCUT2D eigenvalue weighted by atomic mass is 10.1. The van der Waals surface area contributed by atoms with Crippen molar-refractivity contribution in [2.75, 3.05) is 18.0 Å². The first kappa shape index (κ1) is 13.0. The Morgan fingerprint density at radius 1 is 1.19 bits per heavy atom. The minimum atomic E-state index is -0.405. The predicted octanol–water partition coefficient (Wildman–Crippen LogP) is 3.22. The minimum Gasteiger partial charge on any atom is -0.389 e. The molecule has 0 aliphatic rings. The van der Waals surface area contributed by atoms with Crippen LogP contribution < -0.4 is 4.90 Å². The van der Waals surface area contributed by atoms with Gasteiger partial charge in [0.15, 0.2) is 0 Å². The molecule has 0 unspecified atom stereocenters. The van der Waals surface area contributed by atoms with Crippen molar-refractivity contribution in [1.29, 1.82) is 0 Å². The molecule has 0 amide bonds. The van der Waals surface area contributed by atoms with Crippen LogP contribution in [-0.2, 0) is 0 Å². The number of rotatable bonds is 5. The van der Waals surface area contributed by atoms with E-state index >= 15 is 0 Å². The second-order valence-electron chi connectivity index (χ2n) is 4.67. The molecule has 1 atom stereocenters. The summed E-state index contributed by atoms with van der Waals surface area (Å²) < 4.78 is 0. The number of benzene rings is 1. The second-order valence-corrected chi connectivity index (χ2v) is 4.67. The third kappa shape index (κ3) is 3.24. The number of aliphatic hydroxyl groups is 1. The number of hydrogen-bond acceptors (Lipinski definition) is 2. The Morgan fingerprint density at radius 2 is 1.81 bits per heavy atom. The molecule has 1 aromatic rings. The van der Waals surface area contributed by atoms with Gasteiger partial charge in [-0.15, -0.1) is 0 Å². The Labute approximate surface area is 98.9 Å². The zero-order valence-corrected chi connectivity index (χ0v) is 10.8. The van der Waals surface area contributed by atoms with Crippen LogP contribution in [-0.4, -0.2) is 18.2 Å². The quantitative estimate of drug-likeness (QED) is 0.825. The summed E-state index contributed by atoms with van der Waals surface area (Å²) >= 11 is 0. The Balaban J connectivity index is 2.99. The summed E-state index contributed by atoms with van der Waals surface area (Å²) in [5.74, 6) is 0.627. The summed E-state index contributed by atoms with van der Waals surface area (Å²) in [6.45, 7) is 10.4. The molecule has 0 saturated heterocycles. The smallest absolute Gasteiger partial charge is 0.0781 e. The maximum absolute atomic E-state index is 9.76. The van der Waals surface area contributed by atoms with Gasteiger partial charge in [-0.25, -0.2) is 0 Å². The van der Waals surface area contributed by atoms with Gasteiger partial charge in [0.1, 0.15) is 0 Å². The lowest BCUT2D eigenvalue weighted by Crippen LogP contribution is -2.28. The largest absolute Gasteiger partial charge is 0.389 e. The number of aliphatic hydroxyl groups excluding tert-OH is 1. The highest BCUT2D eigenvalue weighted by atomic mass is 16.3. The molecule has 0 saturated carbocycles. The Kier molecular flexibility index (Phi) is 4.81. The lowest BCUT2D eigenvalue weighted by molar-refractivity contribution is 0.199. The van der Waals surface area contributed by atoms with E-state index in [0.717, 1.165) is 24.3 Å². The molecule has 16 heavy (non-hydrogen) atoms. The fraction of sp³-hybridized carbons (Fsp3) is 0.571. The van der Waals surface area contributed by atoms with Crippen molar-refractivity contribution >= 4 is 5.69 Å². The highest BCUT2D eigenvalue weighted by Gasteiger charge is 2.13. The van der Waals surface area contributed by atoms with E-state index < -0.39 is 6.10 Å². The van der Waals surface area contributed by atoms with Crippen LogP contribution in [0.1, 0.15) is 39.4 Å². The topological polar surface area (TPSA) is 23.5 Å². The molecule has 0 aromatic heterocycles. The van der Waals surface area contributed by atoms with E-state index in [4.69, 9.17) is 0 Å². The van der Waals surface area contributed by atoms with Crippen molar-refractivity contribution in [2.45, 2.75) is 33.8 Å². The van der Waals surface area contributed by atoms with Crippen LogP contribution in [0.2, 0.25) is 0 Å². The van der Waals surface area contributed by atoms with Gasteiger partial charge >= 0.3 is 0 Å². The minimum absolute atomic E-state index is 0.405. The molecule has 90 valence electrons. The van der Waals surface area contributed by atoms with Gasteiger partial charge in [0.25, 0.3) is 0 Å². The van der Waals surface area contributed by atoms with E-state index in [1.165, 1.54) is 0 Å². The van der Waals surface area contributed by atoms with Crippen LogP contribution in [0.15, 0.2) is 24.3 Å². The number of nitrogens with zero attached hydrogens (tertiary/aromatic N) is 1. The van der Waals surface area contributed by atoms with E-state index in [2.05, 4.69) is 31.7 Å². The molecular weight excluding hydrogens is 198 g/mol. The second kappa shape index (κ2) is 5.90. The molecule has 0 fully saturated rings. The number of anilines is 1. The SMILES string of the molecule is CCN(CC(C)C)c1ccccc1[C@H](C)O. The molecule has 1 rings (SSSR count). The van der Waals surface area contributed by atoms with Crippen molar-refractivity contribution in [3.05, 3.63) is 29.8 Å². The van der Waals surface area contributed by atoms with Crippen molar-refractivity contribution in [1.82, 2.24) is 0 Å². The lowest BCUT2D eigenvalue weighted by Gasteiger charge is -2.28. The Morgan fingerprint density at radius 3 is 2.31 bits per heavy atom. The molecule has 0 radical (unpaired) electrons. The van der Waals surface area contributed by atoms with E-state index in [0.29, 0.717) is 5.92 Å². The first-order valence-electron chi connectivity index (χ1n) is 6.08. The molecule has 0 spiro atoms. The monoisotopic (exact) mass is 221 g/mol. The zero-order chi connectivity index (χ0) is 12.1. The summed E-state index contributed by atoms with van der Waals surface area (Å²) in [6, 6.07) is 8.11. The van der Waals surface area contributed by atoms with Crippen LogP contribution in [0.25, 0.3) is 0 Å². The highest BCUT2D eigenvalue weighted by Crippen LogP contribution is 2.26. The van der Waals surface area contributed by atoms with E-state index in [-0.39, 0.29) is 0 Å². The fourth-order valence-electron chi connectivity index (χ4n) is 1.97. The van der Waals surface area contributed by atoms with Gasteiger partial charge in [-0.1, -0.05) is 32.0 Å². The first-order chi connectivity index (χ1) is 7.56. The average molecular weight is 221 g/mol. The normalized spacial score (nSPS) is 12.9. The third-order valence-electron chi connectivity index (χ3n) is 2.69. The average Bonchev–Trinajstić information content (AvgIpc) is 2.25. The summed E-state index contributed by atoms with van der Waals surface area (Å²) in [7, 11) is 0. The summed E-state index contributed by atoms with van der Waals surface area (Å²) in [5.41, 5.74) is 2.18. The highest BCUT2D eigenvalue weighted by molar-refractivity contribution is 5.54. The molecule has 0 aliphatic heterocycles. The van der Waals surface area contributed by atoms with Gasteiger partial charge in [0.05, 0.1) is 6.10 Å². The van der Waals surface area contributed by atoms with Crippen LogP contribution in [0.5, 0.6) is 0 Å². The zero-order valence-electron chi connectivity index (χ0n) is 10.8. The summed E-state index contributed by atoms with van der Waals surface area (Å²) in [5, 5.41) is 9.76. The molecule has 1 N–H and O–H groups in total. The van der Waals surface area contributed by atoms with E-state index in [1.807, 2.05) is 25.1 Å². The van der Waals surface area contributed by atoms with Crippen molar-refractivity contribution in [3.63, 3.8) is 0 Å². The van der Waals surface area contributed by atoms with E-state index in [9.17, 15) is 5.11 Å². The third-order valence-corrected chi connectivity index (χ3v) is 2.69. The number of hydrogen-bond donors (Lipinski definition) is 1. The fourth-order valence-corrected chi connectivity index (χ4v) is 1.97. The van der Waals surface area contributed by atoms with Gasteiger partial charge in [-0.05, 0) is 25.8 Å². The maximum atomic E-state index is 9.76. The van der Waals surface area contributed by atoms with E-state index in [1.54, 1.807) is 0 Å². The molecule has 2 heteroatoms. The van der Waals surface area contributed by atoms with Gasteiger partial charge in [-0.2, -0.15) is 0 Å². The van der Waals surface area contributed by atoms with Crippen LogP contribution in [0.4, 0.5) is 5.69 Å². The van der Waals surface area contributed by atoms with Crippen LogP contribution >= 0.6 is 0 Å². The summed E-state index contributed by atoms with van der Waals surface area (Å²) in [4.78, 5) is 2.33. The maximum Gasteiger partial charge on any atom is 0.0781 e. The molecule has 2 nitrogen and oxygen atoms in total. The summed E-state index contributed by atoms with van der Waals surface area (Å²) in [6.07, 6.45) is -0.405. The molecule has 0 bridgehead atoms.